The monoisotopic (exact) mass is 307 g/mol. The minimum Gasteiger partial charge on any atom is -0.477 e. The molecule has 0 aromatic carbocycles. The van der Waals surface area contributed by atoms with Gasteiger partial charge in [-0.25, -0.2) is 14.3 Å². The van der Waals surface area contributed by atoms with Crippen molar-refractivity contribution in [2.24, 2.45) is 0 Å². The predicted octanol–water partition coefficient (Wildman–Crippen LogP) is 2.45. The Morgan fingerprint density at radius 1 is 1.44 bits per heavy atom. The highest BCUT2D eigenvalue weighted by Crippen LogP contribution is 2.28. The van der Waals surface area contributed by atoms with Crippen molar-refractivity contribution in [1.82, 2.24) is 14.6 Å². The zero-order valence-corrected chi connectivity index (χ0v) is 10.5. The molecule has 0 aliphatic rings. The molecule has 0 saturated heterocycles. The first-order chi connectivity index (χ1) is 8.66. The van der Waals surface area contributed by atoms with Crippen molar-refractivity contribution in [3.8, 4) is 11.5 Å². The predicted molar refractivity (Wildman–Crippen MR) is 65.3 cm³/mol. The number of carboxylic acid groups (broad SMARTS) is 1. The van der Waals surface area contributed by atoms with E-state index in [1.54, 1.807) is 24.4 Å². The van der Waals surface area contributed by atoms with E-state index in [1.807, 2.05) is 0 Å². The van der Waals surface area contributed by atoms with Gasteiger partial charge in [0.2, 0.25) is 0 Å². The summed E-state index contributed by atoms with van der Waals surface area (Å²) in [6.07, 6.45) is 3.15. The van der Waals surface area contributed by atoms with E-state index in [0.717, 1.165) is 0 Å². The van der Waals surface area contributed by atoms with E-state index in [9.17, 15) is 9.90 Å². The smallest absolute Gasteiger partial charge is 0.342 e. The first kappa shape index (κ1) is 11.0. The summed E-state index contributed by atoms with van der Waals surface area (Å²) in [4.78, 5) is 15.4. The van der Waals surface area contributed by atoms with Crippen LogP contribution in [0, 0.1) is 0 Å². The van der Waals surface area contributed by atoms with Crippen molar-refractivity contribution in [2.45, 2.75) is 0 Å². The summed E-state index contributed by atoms with van der Waals surface area (Å²) in [6.45, 7) is 0. The van der Waals surface area contributed by atoms with Gasteiger partial charge in [-0.05, 0) is 34.1 Å². The highest BCUT2D eigenvalue weighted by Gasteiger charge is 2.23. The first-order valence-corrected chi connectivity index (χ1v) is 5.78. The molecule has 0 amide bonds. The minimum absolute atomic E-state index is 0.0254. The lowest BCUT2D eigenvalue weighted by molar-refractivity contribution is 0.0699. The third-order valence-electron chi connectivity index (χ3n) is 2.42. The van der Waals surface area contributed by atoms with E-state index >= 15 is 0 Å². The Balaban J connectivity index is 2.34. The number of aromatic carboxylic acids is 1. The molecule has 6 nitrogen and oxygen atoms in total. The molecule has 18 heavy (non-hydrogen) atoms. The molecule has 1 N–H and O–H groups in total. The molecule has 0 spiro atoms. The summed E-state index contributed by atoms with van der Waals surface area (Å²) in [5.41, 5.74) is 0.567. The summed E-state index contributed by atoms with van der Waals surface area (Å²) in [6, 6.07) is 5.00. The second-order valence-corrected chi connectivity index (χ2v) is 4.30. The van der Waals surface area contributed by atoms with Crippen LogP contribution in [0.25, 0.3) is 17.1 Å². The first-order valence-electron chi connectivity index (χ1n) is 4.99. The number of carboxylic acids is 1. The van der Waals surface area contributed by atoms with E-state index < -0.39 is 5.97 Å². The van der Waals surface area contributed by atoms with Crippen LogP contribution in [0.4, 0.5) is 0 Å². The zero-order valence-electron chi connectivity index (χ0n) is 8.87. The number of carbonyl (C=O) groups is 1. The topological polar surface area (TPSA) is 80.6 Å². The van der Waals surface area contributed by atoms with Crippen molar-refractivity contribution in [1.29, 1.82) is 0 Å². The highest BCUT2D eigenvalue weighted by molar-refractivity contribution is 9.10. The van der Waals surface area contributed by atoms with Gasteiger partial charge in [0.05, 0.1) is 0 Å². The lowest BCUT2D eigenvalue weighted by atomic mass is 10.2. The molecule has 0 aliphatic carbocycles. The van der Waals surface area contributed by atoms with Gasteiger partial charge in [-0.3, -0.25) is 0 Å². The van der Waals surface area contributed by atoms with Crippen molar-refractivity contribution in [3.05, 3.63) is 40.8 Å². The summed E-state index contributed by atoms with van der Waals surface area (Å²) in [7, 11) is 0. The summed E-state index contributed by atoms with van der Waals surface area (Å²) < 4.78 is 7.26. The van der Waals surface area contributed by atoms with Gasteiger partial charge in [0.1, 0.15) is 11.3 Å². The van der Waals surface area contributed by atoms with E-state index in [0.29, 0.717) is 10.4 Å². The third-order valence-corrected chi connectivity index (χ3v) is 2.84. The van der Waals surface area contributed by atoms with Crippen LogP contribution < -0.4 is 0 Å². The van der Waals surface area contributed by atoms with Crippen molar-refractivity contribution >= 4 is 27.5 Å². The number of fused-ring (bicyclic) bond motifs is 1. The van der Waals surface area contributed by atoms with Crippen molar-refractivity contribution in [2.75, 3.05) is 0 Å². The molecule has 0 saturated carbocycles. The molecule has 0 aliphatic heterocycles. The largest absolute Gasteiger partial charge is 0.477 e. The molecule has 3 aromatic heterocycles. The Bertz CT molecular complexity index is 747. The average molecular weight is 308 g/mol. The van der Waals surface area contributed by atoms with Crippen molar-refractivity contribution in [3.63, 3.8) is 0 Å². The SMILES string of the molecule is O=C(O)c1c(-c2ccc(Br)o2)nn2cccnc12. The second kappa shape index (κ2) is 3.95. The number of halogens is 1. The van der Waals surface area contributed by atoms with Gasteiger partial charge in [0.25, 0.3) is 0 Å². The Kier molecular flexibility index (Phi) is 2.41. The Morgan fingerprint density at radius 3 is 2.94 bits per heavy atom. The summed E-state index contributed by atoms with van der Waals surface area (Å²) in [5.74, 6) is -0.712. The van der Waals surface area contributed by atoms with Gasteiger partial charge in [0, 0.05) is 12.4 Å². The van der Waals surface area contributed by atoms with Crippen LogP contribution in [-0.2, 0) is 0 Å². The maximum atomic E-state index is 11.3. The van der Waals surface area contributed by atoms with Gasteiger partial charge in [-0.2, -0.15) is 5.10 Å². The van der Waals surface area contributed by atoms with Crippen molar-refractivity contribution < 1.29 is 14.3 Å². The Hall–Kier alpha value is -2.15. The van der Waals surface area contributed by atoms with E-state index in [1.165, 1.54) is 10.7 Å². The number of furan rings is 1. The van der Waals surface area contributed by atoms with E-state index in [2.05, 4.69) is 26.0 Å². The van der Waals surface area contributed by atoms with Gasteiger partial charge in [0.15, 0.2) is 16.1 Å². The fourth-order valence-electron chi connectivity index (χ4n) is 1.70. The number of hydrogen-bond acceptors (Lipinski definition) is 4. The molecule has 0 atom stereocenters. The Labute approximate surface area is 109 Å². The van der Waals surface area contributed by atoms with Gasteiger partial charge in [-0.15, -0.1) is 0 Å². The fourth-order valence-corrected chi connectivity index (χ4v) is 2.00. The molecule has 0 bridgehead atoms. The van der Waals surface area contributed by atoms with Crippen LogP contribution in [0.5, 0.6) is 0 Å². The molecule has 7 heteroatoms. The molecule has 0 radical (unpaired) electrons. The average Bonchev–Trinajstić information content (AvgIpc) is 2.91. The molecular weight excluding hydrogens is 302 g/mol. The van der Waals surface area contributed by atoms with Gasteiger partial charge < -0.3 is 9.52 Å². The van der Waals surface area contributed by atoms with Gasteiger partial charge in [-0.1, -0.05) is 0 Å². The second-order valence-electron chi connectivity index (χ2n) is 3.52. The fraction of sp³-hybridized carbons (Fsp3) is 0. The van der Waals surface area contributed by atoms with Crippen LogP contribution in [0.1, 0.15) is 10.4 Å². The summed E-state index contributed by atoms with van der Waals surface area (Å²) >= 11 is 3.17. The molecule has 3 heterocycles. The minimum atomic E-state index is -1.09. The number of aromatic nitrogens is 3. The zero-order chi connectivity index (χ0) is 12.7. The molecular formula is C11H6BrN3O3. The quantitative estimate of drug-likeness (QED) is 0.786. The molecule has 0 fully saturated rings. The normalized spacial score (nSPS) is 10.9. The number of hydrogen-bond donors (Lipinski definition) is 1. The third kappa shape index (κ3) is 1.60. The van der Waals surface area contributed by atoms with Crippen LogP contribution >= 0.6 is 15.9 Å². The van der Waals surface area contributed by atoms with E-state index in [4.69, 9.17) is 4.42 Å². The lowest BCUT2D eigenvalue weighted by Gasteiger charge is -1.93. The van der Waals surface area contributed by atoms with Gasteiger partial charge >= 0.3 is 5.97 Å². The van der Waals surface area contributed by atoms with E-state index in [-0.39, 0.29) is 16.9 Å². The molecule has 3 aromatic rings. The maximum Gasteiger partial charge on any atom is 0.342 e. The summed E-state index contributed by atoms with van der Waals surface area (Å²) in [5, 5.41) is 13.5. The van der Waals surface area contributed by atoms with Crippen LogP contribution in [-0.4, -0.2) is 25.7 Å². The maximum absolute atomic E-state index is 11.3. The number of rotatable bonds is 2. The Morgan fingerprint density at radius 2 is 2.28 bits per heavy atom. The molecule has 0 unspecified atom stereocenters. The number of nitrogens with zero attached hydrogens (tertiary/aromatic N) is 3. The highest BCUT2D eigenvalue weighted by atomic mass is 79.9. The van der Waals surface area contributed by atoms with Crippen LogP contribution in [0.2, 0.25) is 0 Å². The standard InChI is InChI=1S/C11H6BrN3O3/c12-7-3-2-6(18-7)9-8(11(16)17)10-13-4-1-5-15(10)14-9/h1-5H,(H,16,17). The van der Waals surface area contributed by atoms with Crippen LogP contribution in [0.3, 0.4) is 0 Å². The molecule has 3 rings (SSSR count). The van der Waals surface area contributed by atoms with Crippen LogP contribution in [0.15, 0.2) is 39.7 Å². The molecule has 90 valence electrons. The lowest BCUT2D eigenvalue weighted by Crippen LogP contribution is -1.98.